The Bertz CT molecular complexity index is 980. The summed E-state index contributed by atoms with van der Waals surface area (Å²) in [5, 5.41) is -0.492. The number of imide groups is 1. The lowest BCUT2D eigenvalue weighted by Crippen LogP contribution is -2.42. The number of benzene rings is 1. The first-order chi connectivity index (χ1) is 14.1. The van der Waals surface area contributed by atoms with Crippen molar-refractivity contribution >= 4 is 46.2 Å². The molecule has 1 fully saturated rings. The molecule has 2 amide bonds. The van der Waals surface area contributed by atoms with E-state index in [1.165, 1.54) is 0 Å². The van der Waals surface area contributed by atoms with E-state index in [0.717, 1.165) is 33.5 Å². The zero-order valence-corrected chi connectivity index (χ0v) is 18.9. The maximum atomic E-state index is 12.7. The summed E-state index contributed by atoms with van der Waals surface area (Å²) in [5.41, 5.74) is 3.75. The van der Waals surface area contributed by atoms with Crippen molar-refractivity contribution in [3.05, 3.63) is 34.2 Å². The first-order valence-electron chi connectivity index (χ1n) is 9.65. The van der Waals surface area contributed by atoms with E-state index in [1.807, 2.05) is 19.2 Å². The van der Waals surface area contributed by atoms with Gasteiger partial charge in [-0.25, -0.2) is 0 Å². The van der Waals surface area contributed by atoms with E-state index in [9.17, 15) is 14.4 Å². The number of amides is 2. The number of anilines is 1. The highest BCUT2D eigenvalue weighted by Gasteiger charge is 2.37. The molecular weight excluding hydrogens is 404 g/mol. The van der Waals surface area contributed by atoms with Crippen LogP contribution < -0.4 is 9.64 Å². The molecule has 0 aliphatic carbocycles. The second-order valence-corrected chi connectivity index (χ2v) is 8.72. The number of nitrogens with zero attached hydrogens (tertiary/aromatic N) is 2. The van der Waals surface area contributed by atoms with E-state index in [2.05, 4.69) is 31.7 Å². The van der Waals surface area contributed by atoms with Gasteiger partial charge in [0.2, 0.25) is 0 Å². The number of thioether (sulfide) groups is 1. The van der Waals surface area contributed by atoms with Gasteiger partial charge in [0.1, 0.15) is 12.3 Å². The van der Waals surface area contributed by atoms with Gasteiger partial charge in [0, 0.05) is 29.9 Å². The molecular formula is C22H26N2O5S. The number of carbonyl (C=O) groups excluding carboxylic acids is 3. The Morgan fingerprint density at radius 2 is 1.97 bits per heavy atom. The van der Waals surface area contributed by atoms with Crippen molar-refractivity contribution in [1.82, 2.24) is 4.90 Å². The number of esters is 1. The van der Waals surface area contributed by atoms with Gasteiger partial charge in [0.15, 0.2) is 0 Å². The second-order valence-electron chi connectivity index (χ2n) is 7.72. The third kappa shape index (κ3) is 3.96. The molecule has 0 unspecified atom stereocenters. The Labute approximate surface area is 180 Å². The van der Waals surface area contributed by atoms with Crippen LogP contribution in [0.3, 0.4) is 0 Å². The van der Waals surface area contributed by atoms with E-state index < -0.39 is 17.1 Å². The average Bonchev–Trinajstić information content (AvgIpc) is 2.93. The molecule has 30 heavy (non-hydrogen) atoms. The number of allylic oxidation sites excluding steroid dienone is 1. The zero-order valence-electron chi connectivity index (χ0n) is 18.1. The Morgan fingerprint density at radius 1 is 1.27 bits per heavy atom. The molecule has 0 bridgehead atoms. The molecule has 0 aromatic heterocycles. The molecule has 1 saturated heterocycles. The van der Waals surface area contributed by atoms with Crippen LogP contribution in [0, 0.1) is 0 Å². The van der Waals surface area contributed by atoms with Crippen LogP contribution >= 0.6 is 11.8 Å². The lowest BCUT2D eigenvalue weighted by Gasteiger charge is -2.41. The summed E-state index contributed by atoms with van der Waals surface area (Å²) < 4.78 is 10.4. The van der Waals surface area contributed by atoms with E-state index in [-0.39, 0.29) is 23.6 Å². The summed E-state index contributed by atoms with van der Waals surface area (Å²) in [6.07, 6.45) is 3.83. The second kappa shape index (κ2) is 8.18. The van der Waals surface area contributed by atoms with Crippen LogP contribution in [0.1, 0.15) is 38.8 Å². The summed E-state index contributed by atoms with van der Waals surface area (Å²) >= 11 is 0.805. The van der Waals surface area contributed by atoms with Gasteiger partial charge in [-0.2, -0.15) is 0 Å². The number of ether oxygens (including phenoxy) is 2. The van der Waals surface area contributed by atoms with Crippen LogP contribution in [-0.2, 0) is 14.3 Å². The van der Waals surface area contributed by atoms with Gasteiger partial charge >= 0.3 is 5.97 Å². The third-order valence-corrected chi connectivity index (χ3v) is 6.23. The number of carbonyl (C=O) groups is 3. The minimum atomic E-state index is -0.612. The molecule has 1 aromatic carbocycles. The number of rotatable bonds is 5. The highest BCUT2D eigenvalue weighted by atomic mass is 32.2. The summed E-state index contributed by atoms with van der Waals surface area (Å²) in [6, 6.07) is 3.91. The van der Waals surface area contributed by atoms with Crippen molar-refractivity contribution in [1.29, 1.82) is 0 Å². The van der Waals surface area contributed by atoms with Gasteiger partial charge in [-0.05, 0) is 57.2 Å². The summed E-state index contributed by atoms with van der Waals surface area (Å²) in [4.78, 5) is 40.0. The zero-order chi connectivity index (χ0) is 22.2. The average molecular weight is 431 g/mol. The molecule has 0 radical (unpaired) electrons. The summed E-state index contributed by atoms with van der Waals surface area (Å²) in [5.74, 6) is -0.523. The molecule has 0 saturated carbocycles. The standard InChI is InChI=1S/C22H26N2O5S/c1-7-29-19(25)12-24-20(26)18(30-21(24)27)9-14-8-15-13(2)11-22(3,4)23(5)16(15)10-17(14)28-6/h8-11H,7,12H2,1-6H3/b18-9-. The predicted octanol–water partition coefficient (Wildman–Crippen LogP) is 3.93. The van der Waals surface area contributed by atoms with E-state index in [0.29, 0.717) is 11.3 Å². The van der Waals surface area contributed by atoms with Crippen molar-refractivity contribution in [3.63, 3.8) is 0 Å². The van der Waals surface area contributed by atoms with Crippen LogP contribution in [0.4, 0.5) is 10.5 Å². The van der Waals surface area contributed by atoms with Gasteiger partial charge < -0.3 is 14.4 Å². The molecule has 2 heterocycles. The first kappa shape index (κ1) is 22.0. The van der Waals surface area contributed by atoms with E-state index >= 15 is 0 Å². The highest BCUT2D eigenvalue weighted by molar-refractivity contribution is 8.18. The Kier molecular flexibility index (Phi) is 5.99. The molecule has 1 aromatic rings. The molecule has 8 heteroatoms. The summed E-state index contributed by atoms with van der Waals surface area (Å²) in [6.45, 7) is 7.80. The van der Waals surface area contributed by atoms with Gasteiger partial charge in [-0.1, -0.05) is 6.08 Å². The minimum Gasteiger partial charge on any atom is -0.496 e. The SMILES string of the molecule is CCOC(=O)CN1C(=O)S/C(=C\c2cc3c(cc2OC)N(C)C(C)(C)C=C3C)C1=O. The smallest absolute Gasteiger partial charge is 0.326 e. The Balaban J connectivity index is 1.98. The molecule has 7 nitrogen and oxygen atoms in total. The normalized spacial score (nSPS) is 19.1. The fourth-order valence-corrected chi connectivity index (χ4v) is 4.43. The topological polar surface area (TPSA) is 76.2 Å². The van der Waals surface area contributed by atoms with Crippen molar-refractivity contribution in [2.24, 2.45) is 0 Å². The monoisotopic (exact) mass is 430 g/mol. The van der Waals surface area contributed by atoms with Crippen molar-refractivity contribution in [2.75, 3.05) is 32.2 Å². The van der Waals surface area contributed by atoms with Gasteiger partial charge in [-0.15, -0.1) is 0 Å². The maximum absolute atomic E-state index is 12.7. The molecule has 0 spiro atoms. The molecule has 0 N–H and O–H groups in total. The first-order valence-corrected chi connectivity index (χ1v) is 10.5. The lowest BCUT2D eigenvalue weighted by molar-refractivity contribution is -0.145. The van der Waals surface area contributed by atoms with E-state index in [1.54, 1.807) is 20.1 Å². The highest BCUT2D eigenvalue weighted by Crippen LogP contribution is 2.42. The molecule has 3 rings (SSSR count). The Morgan fingerprint density at radius 3 is 2.60 bits per heavy atom. The number of likely N-dealkylation sites (N-methyl/N-ethyl adjacent to an activating group) is 1. The molecule has 2 aliphatic heterocycles. The lowest BCUT2D eigenvalue weighted by atomic mass is 9.88. The quantitative estimate of drug-likeness (QED) is 0.517. The van der Waals surface area contributed by atoms with Crippen molar-refractivity contribution < 1.29 is 23.9 Å². The van der Waals surface area contributed by atoms with Gasteiger partial charge in [0.25, 0.3) is 11.1 Å². The fraction of sp³-hybridized carbons (Fsp3) is 0.409. The van der Waals surface area contributed by atoms with Gasteiger partial charge in [-0.3, -0.25) is 19.3 Å². The van der Waals surface area contributed by atoms with E-state index in [4.69, 9.17) is 9.47 Å². The molecule has 160 valence electrons. The van der Waals surface area contributed by atoms with Crippen LogP contribution in [0.2, 0.25) is 0 Å². The summed E-state index contributed by atoms with van der Waals surface area (Å²) in [7, 11) is 3.60. The molecule has 2 aliphatic rings. The van der Waals surface area contributed by atoms with Crippen LogP contribution in [0.25, 0.3) is 11.6 Å². The largest absolute Gasteiger partial charge is 0.496 e. The fourth-order valence-electron chi connectivity index (χ4n) is 3.60. The number of hydrogen-bond donors (Lipinski definition) is 0. The Hall–Kier alpha value is -2.74. The minimum absolute atomic E-state index is 0.140. The van der Waals surface area contributed by atoms with Crippen LogP contribution in [0.15, 0.2) is 23.1 Å². The molecule has 0 atom stereocenters. The van der Waals surface area contributed by atoms with Gasteiger partial charge in [0.05, 0.1) is 24.2 Å². The number of methoxy groups -OCH3 is 1. The van der Waals surface area contributed by atoms with Crippen molar-refractivity contribution in [3.8, 4) is 5.75 Å². The van der Waals surface area contributed by atoms with Crippen molar-refractivity contribution in [2.45, 2.75) is 33.2 Å². The number of fused-ring (bicyclic) bond motifs is 1. The number of hydrogen-bond acceptors (Lipinski definition) is 7. The maximum Gasteiger partial charge on any atom is 0.326 e. The van der Waals surface area contributed by atoms with Crippen LogP contribution in [0.5, 0.6) is 5.75 Å². The predicted molar refractivity (Wildman–Crippen MR) is 118 cm³/mol. The van der Waals surface area contributed by atoms with Crippen LogP contribution in [-0.4, -0.2) is 54.9 Å². The third-order valence-electron chi connectivity index (χ3n) is 5.32.